The van der Waals surface area contributed by atoms with Crippen molar-refractivity contribution in [2.45, 2.75) is 6.18 Å². The van der Waals surface area contributed by atoms with Crippen LogP contribution in [0.1, 0.15) is 14.6 Å². The Morgan fingerprint density at radius 2 is 2.06 bits per heavy atom. The number of alkyl halides is 3. The van der Waals surface area contributed by atoms with Crippen LogP contribution < -0.4 is 20.3 Å². The van der Waals surface area contributed by atoms with Crippen molar-refractivity contribution >= 4 is 29.1 Å². The van der Waals surface area contributed by atoms with Crippen LogP contribution in [0.25, 0.3) is 11.4 Å². The molecule has 15 heteroatoms. The maximum Gasteiger partial charge on any atom is 0.406 e. The predicted molar refractivity (Wildman–Crippen MR) is 122 cm³/mol. The third kappa shape index (κ3) is 4.99. The second-order valence-electron chi connectivity index (χ2n) is 7.64. The third-order valence-electron chi connectivity index (χ3n) is 5.18. The van der Waals surface area contributed by atoms with E-state index in [1.807, 2.05) is 5.32 Å². The largest absolute Gasteiger partial charge is 0.494 e. The monoisotopic (exact) mass is 508 g/mol. The molecule has 3 amide bonds. The first-order valence-corrected chi connectivity index (χ1v) is 10.4. The van der Waals surface area contributed by atoms with Crippen LogP contribution in [-0.2, 0) is 7.05 Å². The number of urea groups is 1. The van der Waals surface area contributed by atoms with Gasteiger partial charge in [0.1, 0.15) is 12.9 Å². The average Bonchev–Trinajstić information content (AvgIpc) is 3.42. The molecule has 190 valence electrons. The van der Waals surface area contributed by atoms with E-state index in [1.165, 1.54) is 24.2 Å². The van der Waals surface area contributed by atoms with E-state index in [1.54, 1.807) is 25.2 Å². The van der Waals surface area contributed by atoms with Crippen LogP contribution in [0.3, 0.4) is 0 Å². The van der Waals surface area contributed by atoms with Gasteiger partial charge in [-0.2, -0.15) is 18.3 Å². The zero-order valence-corrected chi connectivity index (χ0v) is 19.0. The fourth-order valence-corrected chi connectivity index (χ4v) is 3.63. The maximum atomic E-state index is 12.9. The van der Waals surface area contributed by atoms with Gasteiger partial charge >= 0.3 is 12.2 Å². The number of aromatic nitrogens is 5. The van der Waals surface area contributed by atoms with Crippen molar-refractivity contribution in [1.29, 1.82) is 0 Å². The Morgan fingerprint density at radius 3 is 2.72 bits per heavy atom. The fourth-order valence-electron chi connectivity index (χ4n) is 3.63. The molecule has 1 fully saturated rings. The summed E-state index contributed by atoms with van der Waals surface area (Å²) in [5.74, 6) is -0.666. The van der Waals surface area contributed by atoms with Crippen molar-refractivity contribution in [3.8, 4) is 17.1 Å². The molecule has 1 aliphatic heterocycles. The van der Waals surface area contributed by atoms with Crippen LogP contribution in [0.4, 0.5) is 35.2 Å². The van der Waals surface area contributed by atoms with E-state index in [9.17, 15) is 22.8 Å². The van der Waals surface area contributed by atoms with E-state index in [0.29, 0.717) is 16.3 Å². The smallest absolute Gasteiger partial charge is 0.406 e. The summed E-state index contributed by atoms with van der Waals surface area (Å²) in [4.78, 5) is 31.2. The van der Waals surface area contributed by atoms with Crippen molar-refractivity contribution in [2.75, 3.05) is 43.9 Å². The molecule has 1 saturated heterocycles. The average molecular weight is 508 g/mol. The molecule has 0 bridgehead atoms. The number of aryl methyl sites for hydroxylation is 1. The summed E-state index contributed by atoms with van der Waals surface area (Å²) in [5.41, 5.74) is 0.234. The number of rotatable bonds is 7. The van der Waals surface area contributed by atoms with E-state index >= 15 is 0 Å². The summed E-state index contributed by atoms with van der Waals surface area (Å²) in [5, 5.41) is 16.6. The highest BCUT2D eigenvalue weighted by atomic mass is 19.4. The molecule has 3 heterocycles. The molecule has 3 aromatic rings. The summed E-state index contributed by atoms with van der Waals surface area (Å²) in [7, 11) is 3.07. The van der Waals surface area contributed by atoms with Crippen LogP contribution in [0, 0.1) is 0 Å². The van der Waals surface area contributed by atoms with Gasteiger partial charge in [-0.05, 0) is 12.1 Å². The summed E-state index contributed by atoms with van der Waals surface area (Å²) in [6, 6.07) is 5.18. The first-order chi connectivity index (χ1) is 18.3. The van der Waals surface area contributed by atoms with Gasteiger partial charge in [0.05, 0.1) is 24.0 Å². The highest BCUT2D eigenvalue weighted by Crippen LogP contribution is 2.37. The molecular weight excluding hydrogens is 483 g/mol. The zero-order chi connectivity index (χ0) is 28.5. The Bertz CT molecular complexity index is 1400. The number of nitrogens with one attached hydrogen (secondary N) is 2. The highest BCUT2D eigenvalue weighted by Gasteiger charge is 2.39. The van der Waals surface area contributed by atoms with Crippen LogP contribution >= 0.6 is 0 Å². The van der Waals surface area contributed by atoms with Gasteiger partial charge < -0.3 is 20.3 Å². The van der Waals surface area contributed by atoms with Crippen LogP contribution in [-0.4, -0.2) is 81.7 Å². The number of methoxy groups -OCH3 is 1. The summed E-state index contributed by atoms with van der Waals surface area (Å²) in [6.45, 7) is -4.61. The lowest BCUT2D eigenvalue weighted by atomic mass is 10.1. The van der Waals surface area contributed by atoms with Crippen LogP contribution in [0.15, 0.2) is 30.6 Å². The molecule has 0 saturated carbocycles. The Kier molecular flexibility index (Phi) is 5.62. The van der Waals surface area contributed by atoms with Gasteiger partial charge in [-0.3, -0.25) is 14.4 Å². The Morgan fingerprint density at radius 1 is 1.25 bits per heavy atom. The number of para-hydroxylation sites is 1. The van der Waals surface area contributed by atoms with Gasteiger partial charge in [0.15, 0.2) is 23.1 Å². The van der Waals surface area contributed by atoms with Crippen molar-refractivity contribution in [3.63, 3.8) is 0 Å². The lowest BCUT2D eigenvalue weighted by Crippen LogP contribution is -2.38. The zero-order valence-electron chi connectivity index (χ0n) is 22.0. The number of hydrogen-bond acceptors (Lipinski definition) is 8. The first kappa shape index (κ1) is 20.9. The number of nitrogens with zero attached hydrogens (tertiary/aromatic N) is 7. The topological polar surface area (TPSA) is 130 Å². The molecule has 0 spiro atoms. The number of carbonyl (C=O) groups excluding carboxylic acids is 2. The van der Waals surface area contributed by atoms with Crippen molar-refractivity contribution < 1.29 is 31.6 Å². The van der Waals surface area contributed by atoms with Gasteiger partial charge in [-0.1, -0.05) is 6.07 Å². The van der Waals surface area contributed by atoms with Gasteiger partial charge in [0.2, 0.25) is 0 Å². The number of ether oxygens (including phenoxy) is 1. The predicted octanol–water partition coefficient (Wildman–Crippen LogP) is 2.19. The maximum absolute atomic E-state index is 12.9. The molecule has 0 radical (unpaired) electrons. The minimum absolute atomic E-state index is 0.0896. The lowest BCUT2D eigenvalue weighted by molar-refractivity contribution is -0.138. The van der Waals surface area contributed by atoms with Gasteiger partial charge in [-0.15, -0.1) is 10.2 Å². The van der Waals surface area contributed by atoms with E-state index in [4.69, 9.17) is 8.85 Å². The van der Waals surface area contributed by atoms with Gasteiger partial charge in [-0.25, -0.2) is 9.78 Å². The standard InChI is InChI=1S/C21H22F3N9O3/c1-25-19(34)16-14(9-15(28-29-16)33-8-7-32(20(33)35)10-21(22,23)24)27-13-6-4-5-12(17(13)36-3)18-26-11-31(2)30-18/h4-6,9,11H,7-8,10H2,1-3H3,(H,25,34)(H,27,28)/i1D3. The van der Waals surface area contributed by atoms with Crippen LogP contribution in [0.5, 0.6) is 5.75 Å². The quantitative estimate of drug-likeness (QED) is 0.497. The minimum atomic E-state index is -4.59. The van der Waals surface area contributed by atoms with E-state index in [-0.39, 0.29) is 36.0 Å². The molecule has 36 heavy (non-hydrogen) atoms. The number of halogens is 3. The second-order valence-corrected chi connectivity index (χ2v) is 7.64. The molecule has 12 nitrogen and oxygen atoms in total. The van der Waals surface area contributed by atoms with Crippen molar-refractivity contribution in [1.82, 2.24) is 35.2 Å². The summed E-state index contributed by atoms with van der Waals surface area (Å²) < 4.78 is 67.6. The molecule has 0 aliphatic carbocycles. The molecule has 2 aromatic heterocycles. The Labute approximate surface area is 207 Å². The summed E-state index contributed by atoms with van der Waals surface area (Å²) >= 11 is 0. The lowest BCUT2D eigenvalue weighted by Gasteiger charge is -2.20. The van der Waals surface area contributed by atoms with Crippen molar-refractivity contribution in [2.24, 2.45) is 7.05 Å². The van der Waals surface area contributed by atoms with E-state index in [2.05, 4.69) is 25.6 Å². The van der Waals surface area contributed by atoms with Gasteiger partial charge in [0.25, 0.3) is 5.91 Å². The normalized spacial score (nSPS) is 15.4. The van der Waals surface area contributed by atoms with Gasteiger partial charge in [0, 0.05) is 37.3 Å². The fraction of sp³-hybridized carbons (Fsp3) is 0.333. The number of benzene rings is 1. The summed E-state index contributed by atoms with van der Waals surface area (Å²) in [6.07, 6.45) is -3.11. The Hall–Kier alpha value is -4.43. The molecule has 2 N–H and O–H groups in total. The number of hydrogen-bond donors (Lipinski definition) is 2. The van der Waals surface area contributed by atoms with E-state index in [0.717, 1.165) is 4.90 Å². The van der Waals surface area contributed by atoms with Crippen molar-refractivity contribution in [3.05, 3.63) is 36.3 Å². The molecule has 4 rings (SSSR count). The molecule has 0 unspecified atom stereocenters. The second kappa shape index (κ2) is 9.67. The molecule has 1 aromatic carbocycles. The third-order valence-corrected chi connectivity index (χ3v) is 5.18. The highest BCUT2D eigenvalue weighted by molar-refractivity contribution is 6.00. The SMILES string of the molecule is [2H]C([2H])([2H])NC(=O)c1nnc(N2CCN(CC(F)(F)F)C2=O)cc1Nc1cccc(-c2ncn(C)n2)c1OC. The molecular formula is C21H22F3N9O3. The minimum Gasteiger partial charge on any atom is -0.494 e. The van der Waals surface area contributed by atoms with Crippen LogP contribution in [0.2, 0.25) is 0 Å². The molecule has 1 aliphatic rings. The molecule has 0 atom stereocenters. The number of carbonyl (C=O) groups is 2. The number of anilines is 3. The Balaban J connectivity index is 1.74. The first-order valence-electron chi connectivity index (χ1n) is 11.9. The van der Waals surface area contributed by atoms with E-state index < -0.39 is 37.3 Å². The number of amides is 3.